The third-order valence-corrected chi connectivity index (χ3v) is 7.01. The lowest BCUT2D eigenvalue weighted by molar-refractivity contribution is -0.136. The summed E-state index contributed by atoms with van der Waals surface area (Å²) in [4.78, 5) is 36.0. The van der Waals surface area contributed by atoms with Gasteiger partial charge in [0.25, 0.3) is 0 Å². The standard InChI is InChI=1S/C25H30N2O6S/c1-4-7-24(29)26-21-13-11-20(12-14-21)23(28)18-33-25(30)17-10-19-8-15-22(16-9-19)34(31,32)27(5-2)6-3/h8-17H,4-7,18H2,1-3H3,(H,26,29)/b17-10+. The third kappa shape index (κ3) is 7.64. The lowest BCUT2D eigenvalue weighted by Crippen LogP contribution is -2.30. The first kappa shape index (κ1) is 26.9. The van der Waals surface area contributed by atoms with Crippen LogP contribution in [-0.4, -0.2) is 50.1 Å². The topological polar surface area (TPSA) is 110 Å². The first-order valence-corrected chi connectivity index (χ1v) is 12.5. The van der Waals surface area contributed by atoms with Crippen LogP contribution in [0.15, 0.2) is 59.5 Å². The van der Waals surface area contributed by atoms with E-state index in [1.54, 1.807) is 50.2 Å². The van der Waals surface area contributed by atoms with Gasteiger partial charge in [0.2, 0.25) is 15.9 Å². The Kier molecular flexibility index (Phi) is 10.2. The van der Waals surface area contributed by atoms with Crippen molar-refractivity contribution in [2.24, 2.45) is 0 Å². The molecule has 0 aromatic heterocycles. The first-order chi connectivity index (χ1) is 16.2. The Morgan fingerprint density at radius 3 is 2.12 bits per heavy atom. The number of esters is 1. The maximum absolute atomic E-state index is 12.5. The number of ether oxygens (including phenoxy) is 1. The monoisotopic (exact) mass is 486 g/mol. The van der Waals surface area contributed by atoms with Crippen LogP contribution in [0.25, 0.3) is 6.08 Å². The average molecular weight is 487 g/mol. The van der Waals surface area contributed by atoms with E-state index < -0.39 is 22.6 Å². The number of anilines is 1. The van der Waals surface area contributed by atoms with Crippen molar-refractivity contribution in [3.8, 4) is 0 Å². The minimum absolute atomic E-state index is 0.0950. The Bertz CT molecular complexity index is 1120. The van der Waals surface area contributed by atoms with Gasteiger partial charge < -0.3 is 10.1 Å². The summed E-state index contributed by atoms with van der Waals surface area (Å²) in [5.74, 6) is -1.17. The lowest BCUT2D eigenvalue weighted by atomic mass is 10.1. The molecule has 0 fully saturated rings. The summed E-state index contributed by atoms with van der Waals surface area (Å²) in [5, 5.41) is 2.73. The molecule has 0 aliphatic heterocycles. The number of amides is 1. The van der Waals surface area contributed by atoms with Crippen LogP contribution in [0.2, 0.25) is 0 Å². The molecule has 9 heteroatoms. The summed E-state index contributed by atoms with van der Waals surface area (Å²) in [7, 11) is -3.55. The van der Waals surface area contributed by atoms with Crippen LogP contribution in [0.1, 0.15) is 49.5 Å². The van der Waals surface area contributed by atoms with Crippen LogP contribution in [0, 0.1) is 0 Å². The second-order valence-electron chi connectivity index (χ2n) is 7.40. The molecule has 34 heavy (non-hydrogen) atoms. The molecule has 2 aromatic rings. The fourth-order valence-corrected chi connectivity index (χ4v) is 4.54. The Morgan fingerprint density at radius 1 is 0.941 bits per heavy atom. The Labute approximate surface area is 200 Å². The fraction of sp³-hybridized carbons (Fsp3) is 0.320. The summed E-state index contributed by atoms with van der Waals surface area (Å²) < 4.78 is 31.4. The minimum Gasteiger partial charge on any atom is -0.454 e. The van der Waals surface area contributed by atoms with Gasteiger partial charge in [-0.1, -0.05) is 32.9 Å². The number of nitrogens with one attached hydrogen (secondary N) is 1. The van der Waals surface area contributed by atoms with Crippen molar-refractivity contribution in [1.29, 1.82) is 0 Å². The molecule has 1 amide bonds. The average Bonchev–Trinajstić information content (AvgIpc) is 2.82. The Hall–Kier alpha value is -3.30. The van der Waals surface area contributed by atoms with Crippen LogP contribution in [0.5, 0.6) is 0 Å². The molecule has 0 aliphatic rings. The van der Waals surface area contributed by atoms with E-state index in [1.165, 1.54) is 28.6 Å². The number of carbonyl (C=O) groups is 3. The summed E-state index contributed by atoms with van der Waals surface area (Å²) in [6.45, 7) is 5.80. The summed E-state index contributed by atoms with van der Waals surface area (Å²) >= 11 is 0. The third-order valence-electron chi connectivity index (χ3n) is 4.95. The normalized spacial score (nSPS) is 11.5. The van der Waals surface area contributed by atoms with Crippen molar-refractivity contribution in [1.82, 2.24) is 4.31 Å². The fourth-order valence-electron chi connectivity index (χ4n) is 3.09. The number of hydrogen-bond acceptors (Lipinski definition) is 6. The molecule has 0 heterocycles. The van der Waals surface area contributed by atoms with E-state index in [2.05, 4.69) is 5.32 Å². The molecule has 0 unspecified atom stereocenters. The van der Waals surface area contributed by atoms with E-state index in [0.29, 0.717) is 36.3 Å². The molecule has 8 nitrogen and oxygen atoms in total. The van der Waals surface area contributed by atoms with Gasteiger partial charge in [-0.15, -0.1) is 0 Å². The highest BCUT2D eigenvalue weighted by atomic mass is 32.2. The van der Waals surface area contributed by atoms with Crippen LogP contribution >= 0.6 is 0 Å². The molecular formula is C25H30N2O6S. The molecule has 0 saturated heterocycles. The second-order valence-corrected chi connectivity index (χ2v) is 9.34. The van der Waals surface area contributed by atoms with Crippen LogP contribution in [0.3, 0.4) is 0 Å². The molecule has 0 aliphatic carbocycles. The van der Waals surface area contributed by atoms with Crippen molar-refractivity contribution < 1.29 is 27.5 Å². The quantitative estimate of drug-likeness (QED) is 0.277. The van der Waals surface area contributed by atoms with Crippen LogP contribution in [0.4, 0.5) is 5.69 Å². The smallest absolute Gasteiger partial charge is 0.331 e. The molecule has 2 rings (SSSR count). The van der Waals surface area contributed by atoms with Gasteiger partial charge in [-0.05, 0) is 54.5 Å². The molecule has 0 spiro atoms. The van der Waals surface area contributed by atoms with E-state index >= 15 is 0 Å². The van der Waals surface area contributed by atoms with Gasteiger partial charge in [0.05, 0.1) is 4.90 Å². The van der Waals surface area contributed by atoms with E-state index in [-0.39, 0.29) is 16.6 Å². The van der Waals surface area contributed by atoms with Gasteiger partial charge in [-0.25, -0.2) is 13.2 Å². The summed E-state index contributed by atoms with van der Waals surface area (Å²) in [5.41, 5.74) is 1.56. The summed E-state index contributed by atoms with van der Waals surface area (Å²) in [6, 6.07) is 12.5. The highest BCUT2D eigenvalue weighted by molar-refractivity contribution is 7.89. The highest BCUT2D eigenvalue weighted by Crippen LogP contribution is 2.17. The zero-order valence-corrected chi connectivity index (χ0v) is 20.4. The molecule has 0 bridgehead atoms. The number of hydrogen-bond donors (Lipinski definition) is 1. The predicted molar refractivity (Wildman–Crippen MR) is 131 cm³/mol. The first-order valence-electron chi connectivity index (χ1n) is 11.1. The van der Waals surface area contributed by atoms with Gasteiger partial charge in [0.15, 0.2) is 12.4 Å². The van der Waals surface area contributed by atoms with Gasteiger partial charge in [-0.2, -0.15) is 4.31 Å². The molecule has 0 radical (unpaired) electrons. The Balaban J connectivity index is 1.89. The number of carbonyl (C=O) groups excluding carboxylic acids is 3. The second kappa shape index (κ2) is 12.8. The lowest BCUT2D eigenvalue weighted by Gasteiger charge is -2.18. The van der Waals surface area contributed by atoms with Crippen LogP contribution in [-0.2, 0) is 24.3 Å². The largest absolute Gasteiger partial charge is 0.454 e. The number of nitrogens with zero attached hydrogens (tertiary/aromatic N) is 1. The zero-order valence-electron chi connectivity index (χ0n) is 19.6. The number of sulfonamides is 1. The highest BCUT2D eigenvalue weighted by Gasteiger charge is 2.21. The van der Waals surface area contributed by atoms with Crippen molar-refractivity contribution >= 4 is 39.4 Å². The SMILES string of the molecule is CCCC(=O)Nc1ccc(C(=O)COC(=O)/C=C/c2ccc(S(=O)(=O)N(CC)CC)cc2)cc1. The molecule has 2 aromatic carbocycles. The number of benzene rings is 2. The number of rotatable bonds is 12. The van der Waals surface area contributed by atoms with Gasteiger partial charge in [0.1, 0.15) is 0 Å². The van der Waals surface area contributed by atoms with E-state index in [1.807, 2.05) is 6.92 Å². The van der Waals surface area contributed by atoms with E-state index in [9.17, 15) is 22.8 Å². The molecule has 1 N–H and O–H groups in total. The van der Waals surface area contributed by atoms with E-state index in [4.69, 9.17) is 4.74 Å². The van der Waals surface area contributed by atoms with Crippen molar-refractivity contribution in [3.05, 3.63) is 65.7 Å². The predicted octanol–water partition coefficient (Wildman–Crippen LogP) is 3.90. The number of Topliss-reactive ketones (excluding diaryl/α,β-unsaturated/α-hetero) is 1. The summed E-state index contributed by atoms with van der Waals surface area (Å²) in [6.07, 6.45) is 3.82. The van der Waals surface area contributed by atoms with E-state index in [0.717, 1.165) is 6.42 Å². The van der Waals surface area contributed by atoms with Crippen molar-refractivity contribution in [2.75, 3.05) is 25.0 Å². The Morgan fingerprint density at radius 2 is 1.56 bits per heavy atom. The van der Waals surface area contributed by atoms with Gasteiger partial charge in [-0.3, -0.25) is 9.59 Å². The zero-order chi connectivity index (χ0) is 25.1. The maximum Gasteiger partial charge on any atom is 0.331 e. The molecule has 0 saturated carbocycles. The van der Waals surface area contributed by atoms with Crippen molar-refractivity contribution in [2.45, 2.75) is 38.5 Å². The molecular weight excluding hydrogens is 456 g/mol. The van der Waals surface area contributed by atoms with Crippen molar-refractivity contribution in [3.63, 3.8) is 0 Å². The molecule has 182 valence electrons. The van der Waals surface area contributed by atoms with Crippen LogP contribution < -0.4 is 5.32 Å². The van der Waals surface area contributed by atoms with Gasteiger partial charge >= 0.3 is 5.97 Å². The molecule has 0 atom stereocenters. The minimum atomic E-state index is -3.55. The number of ketones is 1. The van der Waals surface area contributed by atoms with Gasteiger partial charge in [0, 0.05) is 36.8 Å². The maximum atomic E-state index is 12.5.